The van der Waals surface area contributed by atoms with Crippen LogP contribution in [0.25, 0.3) is 0 Å². The van der Waals surface area contributed by atoms with Gasteiger partial charge in [-0.25, -0.2) is 0 Å². The Kier molecular flexibility index (Phi) is 7.25. The van der Waals surface area contributed by atoms with Gasteiger partial charge in [-0.2, -0.15) is 0 Å². The minimum absolute atomic E-state index is 0.0814. The Morgan fingerprint density at radius 2 is 1.47 bits per heavy atom. The minimum atomic E-state index is -0.434. The molecule has 4 nitrogen and oxygen atoms in total. The van der Waals surface area contributed by atoms with Crippen LogP contribution in [0.4, 0.5) is 5.69 Å². The average molecular weight is 451 g/mol. The van der Waals surface area contributed by atoms with Crippen LogP contribution in [0.15, 0.2) is 53.3 Å². The van der Waals surface area contributed by atoms with Crippen LogP contribution in [0, 0.1) is 13.8 Å². The van der Waals surface area contributed by atoms with Crippen LogP contribution in [-0.2, 0) is 6.54 Å². The minimum Gasteiger partial charge on any atom is -0.342 e. The number of carbonyl (C=O) groups is 1. The summed E-state index contributed by atoms with van der Waals surface area (Å²) in [4.78, 5) is 26.6. The van der Waals surface area contributed by atoms with Crippen molar-refractivity contribution in [1.29, 1.82) is 0 Å². The molecule has 0 unspecified atom stereocenters. The highest BCUT2D eigenvalue weighted by Gasteiger charge is 2.24. The second-order valence-electron chi connectivity index (χ2n) is 8.84. The second kappa shape index (κ2) is 9.74. The second-order valence-corrected chi connectivity index (χ2v) is 9.21. The van der Waals surface area contributed by atoms with Crippen molar-refractivity contribution in [1.82, 2.24) is 4.57 Å². The molecule has 0 fully saturated rings. The normalized spacial score (nSPS) is 11.3. The molecule has 0 aliphatic rings. The zero-order valence-corrected chi connectivity index (χ0v) is 20.4. The topological polar surface area (TPSA) is 51.1 Å². The smallest absolute Gasteiger partial charge is 0.261 e. The predicted octanol–water partition coefficient (Wildman–Crippen LogP) is 6.67. The standard InChI is InChI=1S/C27H31ClN2O2/c1-16(2)21-13-10-14-22(17(3)4)25(21)29-27(32)23-18(5)30(19(6)24(28)26(23)31)15-20-11-8-7-9-12-20/h7-14,16-17H,15H2,1-6H3,(H,29,32). The lowest BCUT2D eigenvalue weighted by Crippen LogP contribution is -2.29. The molecule has 0 aliphatic heterocycles. The van der Waals surface area contributed by atoms with Crippen LogP contribution in [-0.4, -0.2) is 10.5 Å². The van der Waals surface area contributed by atoms with Crippen LogP contribution in [0.5, 0.6) is 0 Å². The van der Waals surface area contributed by atoms with E-state index in [9.17, 15) is 9.59 Å². The molecular formula is C27H31ClN2O2. The Labute approximate surface area is 195 Å². The van der Waals surface area contributed by atoms with Crippen molar-refractivity contribution >= 4 is 23.2 Å². The highest BCUT2D eigenvalue weighted by Crippen LogP contribution is 2.33. The lowest BCUT2D eigenvalue weighted by molar-refractivity contribution is 0.102. The first-order chi connectivity index (χ1) is 15.1. The Morgan fingerprint density at radius 1 is 0.906 bits per heavy atom. The number of carbonyl (C=O) groups excluding carboxylic acids is 1. The van der Waals surface area contributed by atoms with E-state index in [0.29, 0.717) is 17.9 Å². The van der Waals surface area contributed by atoms with E-state index in [0.717, 1.165) is 22.4 Å². The van der Waals surface area contributed by atoms with E-state index in [4.69, 9.17) is 11.6 Å². The molecule has 1 heterocycles. The van der Waals surface area contributed by atoms with Gasteiger partial charge in [-0.15, -0.1) is 0 Å². The van der Waals surface area contributed by atoms with Crippen molar-refractivity contribution < 1.29 is 4.79 Å². The van der Waals surface area contributed by atoms with Crippen molar-refractivity contribution in [3.63, 3.8) is 0 Å². The number of rotatable bonds is 6. The zero-order chi connectivity index (χ0) is 23.6. The number of amides is 1. The molecule has 0 saturated heterocycles. The van der Waals surface area contributed by atoms with Crippen LogP contribution in [0.1, 0.15) is 78.0 Å². The fourth-order valence-electron chi connectivity index (χ4n) is 4.09. The van der Waals surface area contributed by atoms with Crippen molar-refractivity contribution in [2.75, 3.05) is 5.32 Å². The molecule has 0 aliphatic carbocycles. The molecule has 0 radical (unpaired) electrons. The molecule has 3 aromatic rings. The number of nitrogens with one attached hydrogen (secondary N) is 1. The number of nitrogens with zero attached hydrogens (tertiary/aromatic N) is 1. The highest BCUT2D eigenvalue weighted by atomic mass is 35.5. The van der Waals surface area contributed by atoms with Crippen molar-refractivity contribution in [3.05, 3.63) is 97.4 Å². The predicted molar refractivity (Wildman–Crippen MR) is 133 cm³/mol. The van der Waals surface area contributed by atoms with Gasteiger partial charge < -0.3 is 9.88 Å². The molecule has 168 valence electrons. The molecule has 2 aromatic carbocycles. The number of halogens is 1. The SMILES string of the molecule is Cc1c(Cl)c(=O)c(C(=O)Nc2c(C(C)C)cccc2C(C)C)c(C)n1Cc1ccccc1. The van der Waals surface area contributed by atoms with Crippen LogP contribution in [0.2, 0.25) is 5.02 Å². The molecule has 0 bridgehead atoms. The van der Waals surface area contributed by atoms with Gasteiger partial charge in [0.15, 0.2) is 0 Å². The van der Waals surface area contributed by atoms with Gasteiger partial charge in [0.25, 0.3) is 5.91 Å². The summed E-state index contributed by atoms with van der Waals surface area (Å²) in [6, 6.07) is 16.0. The van der Waals surface area contributed by atoms with E-state index in [1.165, 1.54) is 0 Å². The molecule has 1 N–H and O–H groups in total. The van der Waals surface area contributed by atoms with Gasteiger partial charge in [-0.1, -0.05) is 87.8 Å². The lowest BCUT2D eigenvalue weighted by atomic mass is 9.92. The number of hydrogen-bond donors (Lipinski definition) is 1. The van der Waals surface area contributed by atoms with Gasteiger partial charge >= 0.3 is 0 Å². The Balaban J connectivity index is 2.11. The van der Waals surface area contributed by atoms with Crippen molar-refractivity contribution in [2.24, 2.45) is 0 Å². The first kappa shape index (κ1) is 23.8. The van der Waals surface area contributed by atoms with Gasteiger partial charge in [0.05, 0.1) is 0 Å². The monoisotopic (exact) mass is 450 g/mol. The fourth-order valence-corrected chi connectivity index (χ4v) is 4.28. The third kappa shape index (κ3) is 4.66. The fraction of sp³-hybridized carbons (Fsp3) is 0.333. The Hall–Kier alpha value is -2.85. The van der Waals surface area contributed by atoms with Crippen molar-refractivity contribution in [2.45, 2.75) is 59.9 Å². The summed E-state index contributed by atoms with van der Waals surface area (Å²) < 4.78 is 1.94. The number of pyridine rings is 1. The quantitative estimate of drug-likeness (QED) is 0.456. The third-order valence-electron chi connectivity index (χ3n) is 5.94. The highest BCUT2D eigenvalue weighted by molar-refractivity contribution is 6.31. The molecule has 5 heteroatoms. The molecule has 3 rings (SSSR count). The molecule has 0 saturated carbocycles. The number of para-hydroxylation sites is 1. The number of anilines is 1. The van der Waals surface area contributed by atoms with E-state index >= 15 is 0 Å². The van der Waals surface area contributed by atoms with E-state index in [1.54, 1.807) is 6.92 Å². The van der Waals surface area contributed by atoms with Crippen molar-refractivity contribution in [3.8, 4) is 0 Å². The first-order valence-corrected chi connectivity index (χ1v) is 11.4. The van der Waals surface area contributed by atoms with Gasteiger partial charge in [0, 0.05) is 23.6 Å². The maximum Gasteiger partial charge on any atom is 0.261 e. The van der Waals surface area contributed by atoms with Gasteiger partial charge in [-0.05, 0) is 42.4 Å². The van der Waals surface area contributed by atoms with Gasteiger partial charge in [-0.3, -0.25) is 9.59 Å². The van der Waals surface area contributed by atoms with Crippen LogP contribution >= 0.6 is 11.6 Å². The summed E-state index contributed by atoms with van der Waals surface area (Å²) in [6.45, 7) is 12.5. The average Bonchev–Trinajstić information content (AvgIpc) is 2.76. The van der Waals surface area contributed by atoms with E-state index in [-0.39, 0.29) is 22.4 Å². The molecule has 0 atom stereocenters. The summed E-state index contributed by atoms with van der Waals surface area (Å²) in [7, 11) is 0. The molecular weight excluding hydrogens is 420 g/mol. The van der Waals surface area contributed by atoms with E-state index in [2.05, 4.69) is 33.0 Å². The number of hydrogen-bond acceptors (Lipinski definition) is 2. The Bertz CT molecular complexity index is 1170. The van der Waals surface area contributed by atoms with E-state index < -0.39 is 11.3 Å². The molecule has 1 amide bonds. The largest absolute Gasteiger partial charge is 0.342 e. The summed E-state index contributed by atoms with van der Waals surface area (Å²) >= 11 is 6.42. The summed E-state index contributed by atoms with van der Waals surface area (Å²) in [6.07, 6.45) is 0. The molecule has 32 heavy (non-hydrogen) atoms. The maximum atomic E-state index is 13.5. The summed E-state index contributed by atoms with van der Waals surface area (Å²) in [5.74, 6) is 0.0223. The summed E-state index contributed by atoms with van der Waals surface area (Å²) in [5, 5.41) is 3.15. The number of benzene rings is 2. The van der Waals surface area contributed by atoms with Gasteiger partial charge in [0.1, 0.15) is 10.6 Å². The zero-order valence-electron chi connectivity index (χ0n) is 19.6. The van der Waals surface area contributed by atoms with Gasteiger partial charge in [0.2, 0.25) is 5.43 Å². The third-order valence-corrected chi connectivity index (χ3v) is 6.38. The van der Waals surface area contributed by atoms with Crippen LogP contribution < -0.4 is 10.7 Å². The van der Waals surface area contributed by atoms with Crippen LogP contribution in [0.3, 0.4) is 0 Å². The maximum absolute atomic E-state index is 13.5. The van der Waals surface area contributed by atoms with E-state index in [1.807, 2.05) is 60.0 Å². The molecule has 1 aromatic heterocycles. The first-order valence-electron chi connectivity index (χ1n) is 11.0. The summed E-state index contributed by atoms with van der Waals surface area (Å²) in [5.41, 5.74) is 4.85. The molecule has 0 spiro atoms. The lowest BCUT2D eigenvalue weighted by Gasteiger charge is -2.22. The number of aromatic nitrogens is 1. The Morgan fingerprint density at radius 3 is 2.00 bits per heavy atom.